The van der Waals surface area contributed by atoms with Gasteiger partial charge in [-0.2, -0.15) is 0 Å². The third-order valence-electron chi connectivity index (χ3n) is 3.64. The molecule has 0 aromatic rings. The van der Waals surface area contributed by atoms with Gasteiger partial charge in [0.1, 0.15) is 0 Å². The molecule has 1 N–H and O–H groups in total. The van der Waals surface area contributed by atoms with E-state index >= 15 is 0 Å². The number of piperidine rings is 1. The van der Waals surface area contributed by atoms with E-state index in [9.17, 15) is 0 Å². The van der Waals surface area contributed by atoms with Gasteiger partial charge < -0.3 is 10.1 Å². The van der Waals surface area contributed by atoms with Gasteiger partial charge in [-0.05, 0) is 40.2 Å². The maximum absolute atomic E-state index is 5.33. The first kappa shape index (κ1) is 13.9. The van der Waals surface area contributed by atoms with Crippen LogP contribution < -0.4 is 5.32 Å². The first-order valence-electron chi connectivity index (χ1n) is 6.50. The van der Waals surface area contributed by atoms with E-state index < -0.39 is 0 Å². The van der Waals surface area contributed by atoms with Crippen molar-refractivity contribution in [1.82, 2.24) is 10.2 Å². The van der Waals surface area contributed by atoms with Crippen LogP contribution in [0.5, 0.6) is 0 Å². The Morgan fingerprint density at radius 1 is 1.44 bits per heavy atom. The second-order valence-corrected chi connectivity index (χ2v) is 5.57. The molecule has 1 aliphatic rings. The molecule has 2 unspecified atom stereocenters. The fraction of sp³-hybridized carbons (Fsp3) is 1.00. The number of likely N-dealkylation sites (tertiary alicyclic amines) is 1. The molecule has 0 amide bonds. The summed E-state index contributed by atoms with van der Waals surface area (Å²) in [6, 6.07) is 1.34. The zero-order chi connectivity index (χ0) is 12.2. The second-order valence-electron chi connectivity index (χ2n) is 5.57. The fourth-order valence-electron chi connectivity index (χ4n) is 2.98. The minimum atomic E-state index is 0.158. The van der Waals surface area contributed by atoms with Crippen LogP contribution in [0.1, 0.15) is 40.5 Å². The number of hydrogen-bond donors (Lipinski definition) is 1. The van der Waals surface area contributed by atoms with Gasteiger partial charge in [0, 0.05) is 31.3 Å². The summed E-state index contributed by atoms with van der Waals surface area (Å²) in [6.45, 7) is 12.1. The number of hydrogen-bond acceptors (Lipinski definition) is 3. The minimum absolute atomic E-state index is 0.158. The predicted molar refractivity (Wildman–Crippen MR) is 68.8 cm³/mol. The average molecular weight is 228 g/mol. The molecule has 3 nitrogen and oxygen atoms in total. The van der Waals surface area contributed by atoms with E-state index in [1.807, 2.05) is 0 Å². The summed E-state index contributed by atoms with van der Waals surface area (Å²) in [5.74, 6) is 0. The zero-order valence-electron chi connectivity index (χ0n) is 11.5. The Morgan fingerprint density at radius 3 is 2.62 bits per heavy atom. The van der Waals surface area contributed by atoms with E-state index in [2.05, 4.69) is 37.9 Å². The van der Waals surface area contributed by atoms with Crippen LogP contribution in [-0.4, -0.2) is 49.3 Å². The van der Waals surface area contributed by atoms with Gasteiger partial charge >= 0.3 is 0 Å². The highest BCUT2D eigenvalue weighted by Crippen LogP contribution is 2.26. The Bertz CT molecular complexity index is 206. The summed E-state index contributed by atoms with van der Waals surface area (Å²) in [6.07, 6.45) is 2.51. The van der Waals surface area contributed by atoms with Gasteiger partial charge in [0.05, 0.1) is 6.61 Å². The number of nitrogens with one attached hydrogen (secondary N) is 1. The Morgan fingerprint density at radius 2 is 2.12 bits per heavy atom. The number of nitrogens with zero attached hydrogens (tertiary/aromatic N) is 1. The molecule has 16 heavy (non-hydrogen) atoms. The van der Waals surface area contributed by atoms with Gasteiger partial charge in [0.15, 0.2) is 0 Å². The van der Waals surface area contributed by atoms with Crippen molar-refractivity contribution in [3.63, 3.8) is 0 Å². The summed E-state index contributed by atoms with van der Waals surface area (Å²) in [5.41, 5.74) is 0.158. The van der Waals surface area contributed by atoms with Crippen molar-refractivity contribution in [2.24, 2.45) is 0 Å². The summed E-state index contributed by atoms with van der Waals surface area (Å²) in [7, 11) is 1.79. The van der Waals surface area contributed by atoms with Gasteiger partial charge in [-0.1, -0.05) is 6.92 Å². The Hall–Kier alpha value is -0.120. The topological polar surface area (TPSA) is 24.5 Å². The molecule has 0 aliphatic carbocycles. The number of ether oxygens (including phenoxy) is 1. The van der Waals surface area contributed by atoms with E-state index in [-0.39, 0.29) is 5.54 Å². The molecule has 3 heteroatoms. The highest BCUT2D eigenvalue weighted by molar-refractivity contribution is 4.91. The lowest BCUT2D eigenvalue weighted by atomic mass is 9.92. The molecule has 1 heterocycles. The summed E-state index contributed by atoms with van der Waals surface area (Å²) < 4.78 is 5.33. The molecule has 0 spiro atoms. The number of methoxy groups -OCH3 is 1. The average Bonchev–Trinajstić information content (AvgIpc) is 2.17. The van der Waals surface area contributed by atoms with Crippen LogP contribution in [-0.2, 0) is 4.74 Å². The molecule has 96 valence electrons. The summed E-state index contributed by atoms with van der Waals surface area (Å²) in [4.78, 5) is 2.59. The molecule has 2 atom stereocenters. The summed E-state index contributed by atoms with van der Waals surface area (Å²) >= 11 is 0. The first-order chi connectivity index (χ1) is 7.51. The lowest BCUT2D eigenvalue weighted by Gasteiger charge is -2.47. The molecule has 1 fully saturated rings. The maximum atomic E-state index is 5.33. The Balaban J connectivity index is 2.52. The van der Waals surface area contributed by atoms with Gasteiger partial charge in [-0.15, -0.1) is 0 Å². The van der Waals surface area contributed by atoms with Gasteiger partial charge in [0.25, 0.3) is 0 Å². The van der Waals surface area contributed by atoms with Crippen molar-refractivity contribution in [2.45, 2.75) is 58.2 Å². The van der Waals surface area contributed by atoms with Crippen LogP contribution in [0.25, 0.3) is 0 Å². The van der Waals surface area contributed by atoms with E-state index in [0.29, 0.717) is 12.1 Å². The van der Waals surface area contributed by atoms with Crippen molar-refractivity contribution in [1.29, 1.82) is 0 Å². The van der Waals surface area contributed by atoms with Crippen LogP contribution in [0.3, 0.4) is 0 Å². The molecule has 1 rings (SSSR count). The maximum Gasteiger partial charge on any atom is 0.0641 e. The normalized spacial score (nSPS) is 28.3. The molecule has 0 bridgehead atoms. The van der Waals surface area contributed by atoms with Crippen LogP contribution in [0.15, 0.2) is 0 Å². The molecular formula is C13H28N2O. The smallest absolute Gasteiger partial charge is 0.0641 e. The molecule has 0 aromatic carbocycles. The van der Waals surface area contributed by atoms with Crippen LogP contribution in [0, 0.1) is 0 Å². The zero-order valence-corrected chi connectivity index (χ0v) is 11.5. The van der Waals surface area contributed by atoms with Gasteiger partial charge in [0.2, 0.25) is 0 Å². The first-order valence-corrected chi connectivity index (χ1v) is 6.50. The van der Waals surface area contributed by atoms with Crippen LogP contribution in [0.2, 0.25) is 0 Å². The molecule has 0 aromatic heterocycles. The SMILES string of the molecule is CCNC1CCN(C(C)(C)COC)C(C)C1. The molecule has 0 radical (unpaired) electrons. The van der Waals surface area contributed by atoms with Crippen molar-refractivity contribution < 1.29 is 4.74 Å². The molecule has 1 saturated heterocycles. The van der Waals surface area contributed by atoms with E-state index in [0.717, 1.165) is 13.2 Å². The van der Waals surface area contributed by atoms with Crippen molar-refractivity contribution in [2.75, 3.05) is 26.8 Å². The lowest BCUT2D eigenvalue weighted by molar-refractivity contribution is -0.0123. The summed E-state index contributed by atoms with van der Waals surface area (Å²) in [5, 5.41) is 3.56. The third kappa shape index (κ3) is 3.44. The number of rotatable bonds is 5. The largest absolute Gasteiger partial charge is 0.383 e. The van der Waals surface area contributed by atoms with Crippen molar-refractivity contribution in [3.8, 4) is 0 Å². The van der Waals surface area contributed by atoms with Crippen molar-refractivity contribution in [3.05, 3.63) is 0 Å². The minimum Gasteiger partial charge on any atom is -0.383 e. The van der Waals surface area contributed by atoms with Crippen LogP contribution in [0.4, 0.5) is 0 Å². The van der Waals surface area contributed by atoms with Gasteiger partial charge in [-0.3, -0.25) is 4.90 Å². The molecule has 1 aliphatic heterocycles. The molecular weight excluding hydrogens is 200 g/mol. The second kappa shape index (κ2) is 5.99. The van der Waals surface area contributed by atoms with E-state index in [4.69, 9.17) is 4.74 Å². The third-order valence-corrected chi connectivity index (χ3v) is 3.64. The van der Waals surface area contributed by atoms with Crippen molar-refractivity contribution >= 4 is 0 Å². The van der Waals surface area contributed by atoms with E-state index in [1.54, 1.807) is 7.11 Å². The lowest BCUT2D eigenvalue weighted by Crippen LogP contribution is -2.57. The highest BCUT2D eigenvalue weighted by atomic mass is 16.5. The molecule has 0 saturated carbocycles. The standard InChI is InChI=1S/C13H28N2O/c1-6-14-12-7-8-15(11(2)9-12)13(3,4)10-16-5/h11-12,14H,6-10H2,1-5H3. The highest BCUT2D eigenvalue weighted by Gasteiger charge is 2.34. The Kier molecular flexibility index (Phi) is 5.22. The van der Waals surface area contributed by atoms with E-state index in [1.165, 1.54) is 19.4 Å². The quantitative estimate of drug-likeness (QED) is 0.777. The van der Waals surface area contributed by atoms with Gasteiger partial charge in [-0.25, -0.2) is 0 Å². The Labute approximate surface area is 101 Å². The predicted octanol–water partition coefficient (Wildman–Crippen LogP) is 1.87. The fourth-order valence-corrected chi connectivity index (χ4v) is 2.98. The van der Waals surface area contributed by atoms with Crippen LogP contribution >= 0.6 is 0 Å². The monoisotopic (exact) mass is 228 g/mol.